The van der Waals surface area contributed by atoms with Gasteiger partial charge in [-0.2, -0.15) is 0 Å². The quantitative estimate of drug-likeness (QED) is 0.836. The molecule has 0 aliphatic heterocycles. The lowest BCUT2D eigenvalue weighted by atomic mass is 10.0. The lowest BCUT2D eigenvalue weighted by molar-refractivity contribution is 0.0959. The highest BCUT2D eigenvalue weighted by molar-refractivity contribution is 6.08. The minimum absolute atomic E-state index is 0.103. The van der Waals surface area contributed by atoms with Crippen molar-refractivity contribution >= 4 is 16.7 Å². The number of hydrogen-bond acceptors (Lipinski definition) is 2. The average Bonchev–Trinajstić information content (AvgIpc) is 2.43. The van der Waals surface area contributed by atoms with E-state index in [2.05, 4.69) is 11.9 Å². The molecule has 0 saturated heterocycles. The van der Waals surface area contributed by atoms with Gasteiger partial charge >= 0.3 is 0 Å². The zero-order chi connectivity index (χ0) is 13.0. The summed E-state index contributed by atoms with van der Waals surface area (Å²) in [7, 11) is 1.62. The van der Waals surface area contributed by atoms with Crippen molar-refractivity contribution in [1.29, 1.82) is 0 Å². The Morgan fingerprint density at radius 1 is 1.28 bits per heavy atom. The van der Waals surface area contributed by atoms with E-state index < -0.39 is 0 Å². The molecule has 0 heterocycles. The Hall–Kier alpha value is -2.29. The molecule has 2 rings (SSSR count). The number of carbonyl (C=O) groups is 1. The Morgan fingerprint density at radius 2 is 2.00 bits per heavy atom. The maximum Gasteiger partial charge on any atom is 0.252 e. The van der Waals surface area contributed by atoms with Crippen LogP contribution in [0.4, 0.5) is 0 Å². The summed E-state index contributed by atoms with van der Waals surface area (Å²) in [6.45, 7) is 4.04. The predicted octanol–water partition coefficient (Wildman–Crippen LogP) is 2.76. The molecule has 1 N–H and O–H groups in total. The first-order valence-corrected chi connectivity index (χ1v) is 5.72. The normalized spacial score (nSPS) is 10.1. The van der Waals surface area contributed by atoms with Gasteiger partial charge in [0.25, 0.3) is 5.91 Å². The van der Waals surface area contributed by atoms with Crippen LogP contribution in [-0.2, 0) is 0 Å². The lowest BCUT2D eigenvalue weighted by Gasteiger charge is -2.10. The molecule has 2 aromatic rings. The number of methoxy groups -OCH3 is 1. The molecule has 0 atom stereocenters. The van der Waals surface area contributed by atoms with Crippen molar-refractivity contribution in [1.82, 2.24) is 5.32 Å². The fraction of sp³-hybridized carbons (Fsp3) is 0.133. The van der Waals surface area contributed by atoms with Crippen molar-refractivity contribution in [3.05, 3.63) is 54.6 Å². The van der Waals surface area contributed by atoms with Crippen molar-refractivity contribution in [3.63, 3.8) is 0 Å². The second-order valence-electron chi connectivity index (χ2n) is 3.86. The first-order valence-electron chi connectivity index (χ1n) is 5.72. The molecule has 2 aromatic carbocycles. The molecule has 0 saturated carbocycles. The number of rotatable bonds is 4. The topological polar surface area (TPSA) is 38.3 Å². The number of hydrogen-bond donors (Lipinski definition) is 1. The minimum atomic E-state index is -0.103. The van der Waals surface area contributed by atoms with Crippen LogP contribution in [0.1, 0.15) is 10.4 Å². The molecule has 0 unspecified atom stereocenters. The van der Waals surface area contributed by atoms with Gasteiger partial charge in [-0.3, -0.25) is 4.79 Å². The maximum absolute atomic E-state index is 12.0. The highest BCUT2D eigenvalue weighted by atomic mass is 16.5. The van der Waals surface area contributed by atoms with Crippen LogP contribution in [0.5, 0.6) is 5.75 Å². The third-order valence-electron chi connectivity index (χ3n) is 2.76. The number of ether oxygens (including phenoxy) is 1. The Labute approximate surface area is 106 Å². The minimum Gasteiger partial charge on any atom is -0.496 e. The summed E-state index contributed by atoms with van der Waals surface area (Å²) in [6.07, 6.45) is 1.66. The van der Waals surface area contributed by atoms with Gasteiger partial charge in [-0.25, -0.2) is 0 Å². The van der Waals surface area contributed by atoms with Crippen LogP contribution in [0.3, 0.4) is 0 Å². The molecule has 0 radical (unpaired) electrons. The number of carbonyl (C=O) groups excluding carboxylic acids is 1. The Morgan fingerprint density at radius 3 is 2.67 bits per heavy atom. The maximum atomic E-state index is 12.0. The predicted molar refractivity (Wildman–Crippen MR) is 73.0 cm³/mol. The van der Waals surface area contributed by atoms with Gasteiger partial charge in [0, 0.05) is 17.5 Å². The van der Waals surface area contributed by atoms with E-state index in [0.717, 1.165) is 16.5 Å². The van der Waals surface area contributed by atoms with E-state index in [0.29, 0.717) is 12.1 Å². The molecule has 3 heteroatoms. The van der Waals surface area contributed by atoms with Crippen LogP contribution in [0.25, 0.3) is 10.8 Å². The molecular formula is C15H15NO2. The molecule has 0 fully saturated rings. The molecule has 1 amide bonds. The van der Waals surface area contributed by atoms with Crippen molar-refractivity contribution in [2.45, 2.75) is 0 Å². The number of amides is 1. The van der Waals surface area contributed by atoms with Gasteiger partial charge < -0.3 is 10.1 Å². The van der Waals surface area contributed by atoms with Crippen molar-refractivity contribution in [2.24, 2.45) is 0 Å². The van der Waals surface area contributed by atoms with Gasteiger partial charge in [0.15, 0.2) is 0 Å². The summed E-state index contributed by atoms with van der Waals surface area (Å²) >= 11 is 0. The smallest absolute Gasteiger partial charge is 0.252 e. The molecule has 3 nitrogen and oxygen atoms in total. The molecule has 0 aliphatic rings. The van der Waals surface area contributed by atoms with Crippen LogP contribution in [0.15, 0.2) is 49.1 Å². The van der Waals surface area contributed by atoms with E-state index in [4.69, 9.17) is 4.74 Å². The van der Waals surface area contributed by atoms with E-state index in [1.807, 2.05) is 30.3 Å². The highest BCUT2D eigenvalue weighted by Gasteiger charge is 2.11. The lowest BCUT2D eigenvalue weighted by Crippen LogP contribution is -2.23. The Balaban J connectivity index is 2.52. The first-order chi connectivity index (χ1) is 8.77. The summed E-state index contributed by atoms with van der Waals surface area (Å²) in [5.74, 6) is 0.666. The van der Waals surface area contributed by atoms with E-state index >= 15 is 0 Å². The van der Waals surface area contributed by atoms with E-state index in [1.54, 1.807) is 19.3 Å². The molecule has 0 spiro atoms. The number of fused-ring (bicyclic) bond motifs is 1. The monoisotopic (exact) mass is 241 g/mol. The van der Waals surface area contributed by atoms with Crippen molar-refractivity contribution < 1.29 is 9.53 Å². The fourth-order valence-corrected chi connectivity index (χ4v) is 1.91. The van der Waals surface area contributed by atoms with E-state index in [-0.39, 0.29) is 5.91 Å². The summed E-state index contributed by atoms with van der Waals surface area (Å²) in [5.41, 5.74) is 0.647. The molecular weight excluding hydrogens is 226 g/mol. The largest absolute Gasteiger partial charge is 0.496 e. The molecule has 0 aliphatic carbocycles. The summed E-state index contributed by atoms with van der Waals surface area (Å²) in [5, 5.41) is 4.60. The van der Waals surface area contributed by atoms with Gasteiger partial charge in [-0.15, -0.1) is 6.58 Å². The van der Waals surface area contributed by atoms with Crippen LogP contribution in [-0.4, -0.2) is 19.6 Å². The molecule has 0 aromatic heterocycles. The standard InChI is InChI=1S/C15H15NO2/c1-3-10-16-15(17)13-8-9-14(18-2)12-7-5-4-6-11(12)13/h3-9H,1,10H2,2H3,(H,16,17). The third-order valence-corrected chi connectivity index (χ3v) is 2.76. The number of nitrogens with one attached hydrogen (secondary N) is 1. The van der Waals surface area contributed by atoms with Crippen molar-refractivity contribution in [2.75, 3.05) is 13.7 Å². The summed E-state index contributed by atoms with van der Waals surface area (Å²) in [4.78, 5) is 12.0. The SMILES string of the molecule is C=CCNC(=O)c1ccc(OC)c2ccccc12. The Bertz CT molecular complexity index is 590. The highest BCUT2D eigenvalue weighted by Crippen LogP contribution is 2.28. The second-order valence-corrected chi connectivity index (χ2v) is 3.86. The van der Waals surface area contributed by atoms with Gasteiger partial charge in [0.05, 0.1) is 7.11 Å². The zero-order valence-electron chi connectivity index (χ0n) is 10.3. The van der Waals surface area contributed by atoms with Crippen LogP contribution >= 0.6 is 0 Å². The third kappa shape index (κ3) is 2.20. The first kappa shape index (κ1) is 12.2. The van der Waals surface area contributed by atoms with Gasteiger partial charge in [-0.05, 0) is 17.5 Å². The fourth-order valence-electron chi connectivity index (χ4n) is 1.91. The van der Waals surface area contributed by atoms with Crippen LogP contribution < -0.4 is 10.1 Å². The van der Waals surface area contributed by atoms with E-state index in [1.165, 1.54) is 0 Å². The Kier molecular flexibility index (Phi) is 3.63. The average molecular weight is 241 g/mol. The summed E-state index contributed by atoms with van der Waals surface area (Å²) < 4.78 is 5.30. The van der Waals surface area contributed by atoms with Crippen molar-refractivity contribution in [3.8, 4) is 5.75 Å². The van der Waals surface area contributed by atoms with E-state index in [9.17, 15) is 4.79 Å². The molecule has 18 heavy (non-hydrogen) atoms. The van der Waals surface area contributed by atoms with Crippen LogP contribution in [0, 0.1) is 0 Å². The summed E-state index contributed by atoms with van der Waals surface area (Å²) in [6, 6.07) is 11.3. The van der Waals surface area contributed by atoms with Crippen LogP contribution in [0.2, 0.25) is 0 Å². The van der Waals surface area contributed by atoms with Gasteiger partial charge in [0.2, 0.25) is 0 Å². The van der Waals surface area contributed by atoms with Gasteiger partial charge in [-0.1, -0.05) is 30.3 Å². The van der Waals surface area contributed by atoms with Gasteiger partial charge in [0.1, 0.15) is 5.75 Å². The second kappa shape index (κ2) is 5.36. The molecule has 92 valence electrons. The molecule has 0 bridgehead atoms. The number of benzene rings is 2. The zero-order valence-corrected chi connectivity index (χ0v) is 10.3.